The molecular weight excluding hydrogens is 314 g/mol. The Morgan fingerprint density at radius 3 is 2.36 bits per heavy atom. The monoisotopic (exact) mass is 333 g/mol. The zero-order valence-electron chi connectivity index (χ0n) is 14.0. The van der Waals surface area contributed by atoms with Crippen LogP contribution in [0.1, 0.15) is 30.0 Å². The lowest BCUT2D eigenvalue weighted by Gasteiger charge is -2.30. The van der Waals surface area contributed by atoms with Crippen molar-refractivity contribution in [3.8, 4) is 12.1 Å². The summed E-state index contributed by atoms with van der Waals surface area (Å²) >= 11 is 0. The zero-order chi connectivity index (χ0) is 18.2. The number of hydrogen-bond acceptors (Lipinski definition) is 4. The van der Waals surface area contributed by atoms with Gasteiger partial charge in [0.05, 0.1) is 23.3 Å². The minimum absolute atomic E-state index is 0.458. The van der Waals surface area contributed by atoms with Crippen LogP contribution in [0.25, 0.3) is 0 Å². The Labute approximate surface area is 147 Å². The number of nitriles is 2. The lowest BCUT2D eigenvalue weighted by atomic mass is 10.1. The number of nitrogens with zero attached hydrogens (tertiary/aromatic N) is 3. The quantitative estimate of drug-likeness (QED) is 0.839. The molecule has 1 unspecified atom stereocenters. The fourth-order valence-electron chi connectivity index (χ4n) is 2.74. The van der Waals surface area contributed by atoms with Crippen LogP contribution in [0, 0.1) is 22.7 Å². The number of hydrogen-bond donors (Lipinski definition) is 1. The average Bonchev–Trinajstić information content (AvgIpc) is 2.65. The smallest absolute Gasteiger partial charge is 0.326 e. The Morgan fingerprint density at radius 2 is 1.80 bits per heavy atom. The highest BCUT2D eigenvalue weighted by molar-refractivity contribution is 5.78. The molecule has 126 valence electrons. The van der Waals surface area contributed by atoms with Crippen molar-refractivity contribution in [2.45, 2.75) is 25.8 Å². The van der Waals surface area contributed by atoms with E-state index in [1.807, 2.05) is 30.0 Å². The fraction of sp³-hybridized carbons (Fsp3) is 0.250. The molecule has 0 saturated carbocycles. The molecule has 0 bridgehead atoms. The molecular formula is C20H19N3O2. The molecule has 0 aliphatic rings. The number of aliphatic carboxylic acids is 1. The normalized spacial score (nSPS) is 11.2. The zero-order valence-corrected chi connectivity index (χ0v) is 14.0. The molecule has 0 fully saturated rings. The molecule has 1 atom stereocenters. The predicted octanol–water partition coefficient (Wildman–Crippen LogP) is 3.34. The van der Waals surface area contributed by atoms with E-state index in [9.17, 15) is 9.90 Å². The van der Waals surface area contributed by atoms with Crippen molar-refractivity contribution < 1.29 is 9.90 Å². The Hall–Kier alpha value is -3.31. The predicted molar refractivity (Wildman–Crippen MR) is 95.1 cm³/mol. The van der Waals surface area contributed by atoms with Crippen LogP contribution < -0.4 is 4.90 Å². The molecule has 0 heterocycles. The van der Waals surface area contributed by atoms with E-state index in [1.165, 1.54) is 0 Å². The van der Waals surface area contributed by atoms with Gasteiger partial charge < -0.3 is 10.0 Å². The van der Waals surface area contributed by atoms with Gasteiger partial charge >= 0.3 is 5.97 Å². The maximum absolute atomic E-state index is 11.7. The summed E-state index contributed by atoms with van der Waals surface area (Å²) in [5, 5.41) is 27.5. The van der Waals surface area contributed by atoms with Crippen LogP contribution in [-0.4, -0.2) is 23.7 Å². The third kappa shape index (κ3) is 4.59. The SMILES string of the molecule is CCC(C(=O)O)N(CCc1ccc(C#N)cc1)c1cccc(C#N)c1. The van der Waals surface area contributed by atoms with Gasteiger partial charge in [-0.2, -0.15) is 10.5 Å². The van der Waals surface area contributed by atoms with Crippen LogP contribution in [0.15, 0.2) is 48.5 Å². The lowest BCUT2D eigenvalue weighted by molar-refractivity contribution is -0.138. The van der Waals surface area contributed by atoms with Gasteiger partial charge in [-0.1, -0.05) is 25.1 Å². The lowest BCUT2D eigenvalue weighted by Crippen LogP contribution is -2.42. The van der Waals surface area contributed by atoms with Gasteiger partial charge in [0.2, 0.25) is 0 Å². The van der Waals surface area contributed by atoms with Crippen molar-refractivity contribution in [2.24, 2.45) is 0 Å². The number of benzene rings is 2. The van der Waals surface area contributed by atoms with E-state index in [0.29, 0.717) is 30.5 Å². The van der Waals surface area contributed by atoms with E-state index in [-0.39, 0.29) is 0 Å². The molecule has 0 aliphatic carbocycles. The van der Waals surface area contributed by atoms with Crippen molar-refractivity contribution in [1.29, 1.82) is 10.5 Å². The molecule has 25 heavy (non-hydrogen) atoms. The minimum Gasteiger partial charge on any atom is -0.480 e. The molecule has 0 aliphatic heterocycles. The topological polar surface area (TPSA) is 88.1 Å². The van der Waals surface area contributed by atoms with E-state index < -0.39 is 12.0 Å². The maximum atomic E-state index is 11.7. The molecule has 0 radical (unpaired) electrons. The van der Waals surface area contributed by atoms with Crippen molar-refractivity contribution in [3.05, 3.63) is 65.2 Å². The van der Waals surface area contributed by atoms with Crippen molar-refractivity contribution in [3.63, 3.8) is 0 Å². The van der Waals surface area contributed by atoms with Gasteiger partial charge in [0, 0.05) is 12.2 Å². The van der Waals surface area contributed by atoms with E-state index in [0.717, 1.165) is 11.3 Å². The molecule has 2 rings (SSSR count). The van der Waals surface area contributed by atoms with Gasteiger partial charge in [-0.05, 0) is 48.7 Å². The third-order valence-corrected chi connectivity index (χ3v) is 4.08. The summed E-state index contributed by atoms with van der Waals surface area (Å²) in [4.78, 5) is 13.5. The first-order chi connectivity index (χ1) is 12.1. The number of carbonyl (C=O) groups is 1. The standard InChI is InChI=1S/C20H19N3O2/c1-2-19(20(24)25)23(18-5-3-4-17(12-18)14-22)11-10-15-6-8-16(13-21)9-7-15/h3-9,12,19H,2,10-11H2,1H3,(H,24,25). The number of anilines is 1. The van der Waals surface area contributed by atoms with Crippen LogP contribution in [0.3, 0.4) is 0 Å². The van der Waals surface area contributed by atoms with Crippen LogP contribution in [0.5, 0.6) is 0 Å². The number of rotatable bonds is 7. The average molecular weight is 333 g/mol. The fourth-order valence-corrected chi connectivity index (χ4v) is 2.74. The number of carboxylic acids is 1. The second-order valence-corrected chi connectivity index (χ2v) is 5.68. The molecule has 0 amide bonds. The summed E-state index contributed by atoms with van der Waals surface area (Å²) in [5.41, 5.74) is 2.85. The first-order valence-electron chi connectivity index (χ1n) is 8.07. The van der Waals surface area contributed by atoms with Gasteiger partial charge in [0.15, 0.2) is 0 Å². The van der Waals surface area contributed by atoms with Crippen molar-refractivity contribution >= 4 is 11.7 Å². The highest BCUT2D eigenvalue weighted by Crippen LogP contribution is 2.21. The highest BCUT2D eigenvalue weighted by atomic mass is 16.4. The Morgan fingerprint density at radius 1 is 1.12 bits per heavy atom. The third-order valence-electron chi connectivity index (χ3n) is 4.08. The Kier molecular flexibility index (Phi) is 6.14. The Bertz CT molecular complexity index is 816. The summed E-state index contributed by atoms with van der Waals surface area (Å²) in [6.07, 6.45) is 1.10. The summed E-state index contributed by atoms with van der Waals surface area (Å²) in [7, 11) is 0. The second-order valence-electron chi connectivity index (χ2n) is 5.68. The first kappa shape index (κ1) is 18.0. The summed E-state index contributed by atoms with van der Waals surface area (Å²) < 4.78 is 0. The molecule has 2 aromatic carbocycles. The van der Waals surface area contributed by atoms with Crippen molar-refractivity contribution in [1.82, 2.24) is 0 Å². The molecule has 0 aromatic heterocycles. The van der Waals surface area contributed by atoms with Gasteiger partial charge in [-0.25, -0.2) is 4.79 Å². The largest absolute Gasteiger partial charge is 0.480 e. The molecule has 1 N–H and O–H groups in total. The summed E-state index contributed by atoms with van der Waals surface area (Å²) in [5.74, 6) is -0.885. The minimum atomic E-state index is -0.885. The van der Waals surface area contributed by atoms with Gasteiger partial charge in [0.25, 0.3) is 0 Å². The maximum Gasteiger partial charge on any atom is 0.326 e. The molecule has 5 heteroatoms. The van der Waals surface area contributed by atoms with Crippen LogP contribution >= 0.6 is 0 Å². The number of carboxylic acid groups (broad SMARTS) is 1. The van der Waals surface area contributed by atoms with Crippen LogP contribution in [-0.2, 0) is 11.2 Å². The van der Waals surface area contributed by atoms with Gasteiger partial charge in [0.1, 0.15) is 6.04 Å². The van der Waals surface area contributed by atoms with E-state index in [1.54, 1.807) is 30.3 Å². The van der Waals surface area contributed by atoms with Gasteiger partial charge in [-0.15, -0.1) is 0 Å². The van der Waals surface area contributed by atoms with Gasteiger partial charge in [-0.3, -0.25) is 0 Å². The van der Waals surface area contributed by atoms with Crippen molar-refractivity contribution in [2.75, 3.05) is 11.4 Å². The molecule has 0 saturated heterocycles. The first-order valence-corrected chi connectivity index (χ1v) is 8.07. The summed E-state index contributed by atoms with van der Waals surface area (Å²) in [6.45, 7) is 2.34. The summed E-state index contributed by atoms with van der Waals surface area (Å²) in [6, 6.07) is 17.8. The Balaban J connectivity index is 2.26. The van der Waals surface area contributed by atoms with Crippen LogP contribution in [0.2, 0.25) is 0 Å². The molecule has 0 spiro atoms. The second kappa shape index (κ2) is 8.52. The van der Waals surface area contributed by atoms with E-state index in [4.69, 9.17) is 10.5 Å². The molecule has 5 nitrogen and oxygen atoms in total. The van der Waals surface area contributed by atoms with Crippen LogP contribution in [0.4, 0.5) is 5.69 Å². The van der Waals surface area contributed by atoms with E-state index >= 15 is 0 Å². The highest BCUT2D eigenvalue weighted by Gasteiger charge is 2.24. The molecule has 2 aromatic rings. The van der Waals surface area contributed by atoms with E-state index in [2.05, 4.69) is 12.1 Å².